The third kappa shape index (κ3) is 4.34. The fourth-order valence-electron chi connectivity index (χ4n) is 4.72. The second-order valence-electron chi connectivity index (χ2n) is 8.72. The molecule has 2 amide bonds. The number of anilines is 1. The summed E-state index contributed by atoms with van der Waals surface area (Å²) in [4.78, 5) is 33.2. The number of rotatable bonds is 5. The molecule has 0 spiro atoms. The SMILES string of the molecule is NC1C2CN(CCc3cccc(-n4ccc(NC(=O)N5CCNCC5)nc4=O)c3)CC12. The number of nitrogens with zero attached hydrogens (tertiary/aromatic N) is 4. The quantitative estimate of drug-likeness (QED) is 0.630. The Morgan fingerprint density at radius 1 is 1.19 bits per heavy atom. The van der Waals surface area contributed by atoms with E-state index in [0.29, 0.717) is 31.0 Å². The maximum Gasteiger partial charge on any atom is 0.354 e. The number of nitrogens with one attached hydrogen (secondary N) is 2. The summed E-state index contributed by atoms with van der Waals surface area (Å²) in [6.45, 7) is 6.04. The van der Waals surface area contributed by atoms with Crippen LogP contribution in [0.15, 0.2) is 41.3 Å². The number of fused-ring (bicyclic) bond motifs is 1. The number of amides is 2. The van der Waals surface area contributed by atoms with E-state index in [1.54, 1.807) is 17.2 Å². The van der Waals surface area contributed by atoms with Crippen LogP contribution in [-0.2, 0) is 6.42 Å². The Kier molecular flexibility index (Phi) is 5.47. The minimum Gasteiger partial charge on any atom is -0.327 e. The van der Waals surface area contributed by atoms with Crippen molar-refractivity contribution < 1.29 is 4.79 Å². The van der Waals surface area contributed by atoms with Crippen LogP contribution in [0.2, 0.25) is 0 Å². The van der Waals surface area contributed by atoms with Gasteiger partial charge >= 0.3 is 11.7 Å². The molecule has 1 aliphatic carbocycles. The highest BCUT2D eigenvalue weighted by molar-refractivity contribution is 5.88. The van der Waals surface area contributed by atoms with Crippen LogP contribution in [0, 0.1) is 11.8 Å². The van der Waals surface area contributed by atoms with E-state index in [-0.39, 0.29) is 11.8 Å². The first kappa shape index (κ1) is 20.2. The zero-order valence-corrected chi connectivity index (χ0v) is 17.5. The molecule has 2 atom stereocenters. The molecular formula is C22H29N7O2. The minimum atomic E-state index is -0.413. The number of aromatic nitrogens is 2. The van der Waals surface area contributed by atoms with Crippen LogP contribution in [-0.4, -0.2) is 77.2 Å². The van der Waals surface area contributed by atoms with Crippen LogP contribution in [0.1, 0.15) is 5.56 Å². The molecule has 4 N–H and O–H groups in total. The van der Waals surface area contributed by atoms with Gasteiger partial charge in [0.05, 0.1) is 5.69 Å². The third-order valence-corrected chi connectivity index (χ3v) is 6.68. The van der Waals surface area contributed by atoms with Gasteiger partial charge < -0.3 is 20.9 Å². The maximum absolute atomic E-state index is 12.6. The van der Waals surface area contributed by atoms with E-state index < -0.39 is 5.69 Å². The van der Waals surface area contributed by atoms with E-state index in [9.17, 15) is 9.59 Å². The predicted octanol–water partition coefficient (Wildman–Crippen LogP) is 0.101. The Morgan fingerprint density at radius 2 is 1.97 bits per heavy atom. The Hall–Kier alpha value is -2.75. The Balaban J connectivity index is 1.22. The van der Waals surface area contributed by atoms with Crippen molar-refractivity contribution in [1.29, 1.82) is 0 Å². The Labute approximate surface area is 181 Å². The van der Waals surface area contributed by atoms with Crippen molar-refractivity contribution >= 4 is 11.8 Å². The van der Waals surface area contributed by atoms with Crippen LogP contribution in [0.4, 0.5) is 10.6 Å². The molecule has 5 rings (SSSR count). The largest absolute Gasteiger partial charge is 0.354 e. The molecule has 3 heterocycles. The number of piperazine rings is 1. The lowest BCUT2D eigenvalue weighted by Crippen LogP contribution is -2.48. The van der Waals surface area contributed by atoms with Crippen molar-refractivity contribution in [2.75, 3.05) is 51.1 Å². The molecule has 2 unspecified atom stereocenters. The predicted molar refractivity (Wildman–Crippen MR) is 118 cm³/mol. The van der Waals surface area contributed by atoms with E-state index in [4.69, 9.17) is 5.73 Å². The fourth-order valence-corrected chi connectivity index (χ4v) is 4.72. The second kappa shape index (κ2) is 8.41. The van der Waals surface area contributed by atoms with E-state index in [1.807, 2.05) is 18.2 Å². The molecule has 9 nitrogen and oxygen atoms in total. The average molecular weight is 424 g/mol. The number of hydrogen-bond acceptors (Lipinski definition) is 6. The topological polar surface area (TPSA) is 109 Å². The first-order chi connectivity index (χ1) is 15.1. The van der Waals surface area contributed by atoms with Gasteiger partial charge in [-0.05, 0) is 42.0 Å². The lowest BCUT2D eigenvalue weighted by atomic mass is 10.1. The second-order valence-corrected chi connectivity index (χ2v) is 8.72. The van der Waals surface area contributed by atoms with Gasteiger partial charge in [0.25, 0.3) is 0 Å². The Morgan fingerprint density at radius 3 is 2.71 bits per heavy atom. The number of nitrogens with two attached hydrogens (primary N) is 1. The normalized spacial score (nSPS) is 25.3. The molecule has 0 radical (unpaired) electrons. The number of benzene rings is 1. The van der Waals surface area contributed by atoms with Gasteiger partial charge in [-0.25, -0.2) is 9.59 Å². The van der Waals surface area contributed by atoms with Crippen LogP contribution in [0.3, 0.4) is 0 Å². The smallest absolute Gasteiger partial charge is 0.327 e. The van der Waals surface area contributed by atoms with Crippen molar-refractivity contribution in [3.05, 3.63) is 52.6 Å². The van der Waals surface area contributed by atoms with Gasteiger partial charge in [0.2, 0.25) is 0 Å². The molecule has 3 fully saturated rings. The van der Waals surface area contributed by atoms with Crippen molar-refractivity contribution in [2.45, 2.75) is 12.5 Å². The van der Waals surface area contributed by atoms with E-state index in [2.05, 4.69) is 26.6 Å². The van der Waals surface area contributed by atoms with Gasteiger partial charge in [0.15, 0.2) is 0 Å². The standard InChI is InChI=1S/C22H29N7O2/c23-20-17-13-27(14-18(17)20)8-4-15-2-1-3-16(12-15)29-9-5-19(26-22(29)31)25-21(30)28-10-6-24-7-11-28/h1-3,5,9,12,17-18,20,24H,4,6-8,10-11,13-14,23H2,(H,25,26,30,31). The molecule has 1 aromatic carbocycles. The molecule has 1 saturated carbocycles. The number of likely N-dealkylation sites (tertiary alicyclic amines) is 1. The highest BCUT2D eigenvalue weighted by Gasteiger charge is 2.53. The van der Waals surface area contributed by atoms with Gasteiger partial charge in [0.1, 0.15) is 5.82 Å². The van der Waals surface area contributed by atoms with Crippen LogP contribution >= 0.6 is 0 Å². The maximum atomic E-state index is 12.6. The van der Waals surface area contributed by atoms with Crippen molar-refractivity contribution in [3.63, 3.8) is 0 Å². The Bertz CT molecular complexity index is 1000. The van der Waals surface area contributed by atoms with E-state index in [1.165, 1.54) is 10.1 Å². The van der Waals surface area contributed by atoms with Gasteiger partial charge in [0, 0.05) is 58.1 Å². The highest BCUT2D eigenvalue weighted by atomic mass is 16.2. The molecule has 164 valence electrons. The minimum absolute atomic E-state index is 0.228. The molecule has 3 aliphatic rings. The molecular weight excluding hydrogens is 394 g/mol. The summed E-state index contributed by atoms with van der Waals surface area (Å²) in [5.74, 6) is 1.66. The van der Waals surface area contributed by atoms with E-state index in [0.717, 1.165) is 44.8 Å². The number of urea groups is 1. The zero-order chi connectivity index (χ0) is 21.4. The number of carbonyl (C=O) groups excluding carboxylic acids is 1. The molecule has 2 aliphatic heterocycles. The van der Waals surface area contributed by atoms with Crippen LogP contribution in [0.25, 0.3) is 5.69 Å². The summed E-state index contributed by atoms with van der Waals surface area (Å²) in [5, 5.41) is 5.93. The lowest BCUT2D eigenvalue weighted by molar-refractivity contribution is 0.204. The first-order valence-electron chi connectivity index (χ1n) is 11.0. The zero-order valence-electron chi connectivity index (χ0n) is 17.5. The van der Waals surface area contributed by atoms with Crippen LogP contribution in [0.5, 0.6) is 0 Å². The molecule has 1 aromatic heterocycles. The molecule has 2 aromatic rings. The van der Waals surface area contributed by atoms with Gasteiger partial charge in [-0.2, -0.15) is 4.98 Å². The number of carbonyl (C=O) groups is 1. The van der Waals surface area contributed by atoms with Crippen molar-refractivity contribution in [1.82, 2.24) is 24.7 Å². The molecule has 0 bridgehead atoms. The number of piperidine rings is 1. The van der Waals surface area contributed by atoms with Crippen molar-refractivity contribution in [2.24, 2.45) is 17.6 Å². The molecule has 9 heteroatoms. The summed E-state index contributed by atoms with van der Waals surface area (Å²) in [6.07, 6.45) is 2.60. The summed E-state index contributed by atoms with van der Waals surface area (Å²) in [6, 6.07) is 9.84. The summed E-state index contributed by atoms with van der Waals surface area (Å²) in [7, 11) is 0. The van der Waals surface area contributed by atoms with Gasteiger partial charge in [-0.15, -0.1) is 0 Å². The lowest BCUT2D eigenvalue weighted by Gasteiger charge is -2.27. The number of hydrogen-bond donors (Lipinski definition) is 3. The summed E-state index contributed by atoms with van der Waals surface area (Å²) < 4.78 is 1.51. The highest BCUT2D eigenvalue weighted by Crippen LogP contribution is 2.43. The fraction of sp³-hybridized carbons (Fsp3) is 0.500. The summed E-state index contributed by atoms with van der Waals surface area (Å²) >= 11 is 0. The first-order valence-corrected chi connectivity index (χ1v) is 11.0. The van der Waals surface area contributed by atoms with Gasteiger partial charge in [-0.1, -0.05) is 12.1 Å². The third-order valence-electron chi connectivity index (χ3n) is 6.68. The van der Waals surface area contributed by atoms with E-state index >= 15 is 0 Å². The molecule has 31 heavy (non-hydrogen) atoms. The van der Waals surface area contributed by atoms with Gasteiger partial charge in [-0.3, -0.25) is 9.88 Å². The van der Waals surface area contributed by atoms with Crippen LogP contribution < -0.4 is 22.1 Å². The summed E-state index contributed by atoms with van der Waals surface area (Å²) in [5.41, 5.74) is 7.57. The average Bonchev–Trinajstić information content (AvgIpc) is 3.19. The monoisotopic (exact) mass is 423 g/mol. The van der Waals surface area contributed by atoms with Crippen molar-refractivity contribution in [3.8, 4) is 5.69 Å². The molecule has 2 saturated heterocycles.